The molecule has 0 aliphatic carbocycles. The first-order valence-electron chi connectivity index (χ1n) is 0.833. The van der Waals surface area contributed by atoms with Crippen LogP contribution in [0.3, 0.4) is 0 Å². The van der Waals surface area contributed by atoms with Gasteiger partial charge < -0.3 is 14.6 Å². The van der Waals surface area contributed by atoms with Gasteiger partial charge in [0.2, 0.25) is 0 Å². The van der Waals surface area contributed by atoms with Crippen molar-refractivity contribution >= 4 is 22.9 Å². The Morgan fingerprint density at radius 3 is 1.10 bits per heavy atom. The van der Waals surface area contributed by atoms with Gasteiger partial charge in [-0.05, 0) is 0 Å². The molecule has 0 aromatic carbocycles. The number of hydrogen-bond acceptors (Lipinski definition) is 5. The summed E-state index contributed by atoms with van der Waals surface area (Å²) in [5, 5.41) is 0. The second-order valence-corrected chi connectivity index (χ2v) is 0.816. The molecule has 0 fully saturated rings. The zero-order chi connectivity index (χ0) is 6.28. The van der Waals surface area contributed by atoms with Crippen molar-refractivity contribution < 1.29 is 130 Å². The summed E-state index contributed by atoms with van der Waals surface area (Å²) in [6.45, 7) is 0. The molecule has 52 valence electrons. The van der Waals surface area contributed by atoms with Gasteiger partial charge in [0.1, 0.15) is 0 Å². The van der Waals surface area contributed by atoms with Crippen LogP contribution >= 0.6 is 0 Å². The van der Waals surface area contributed by atoms with Crippen LogP contribution < -0.4 is 103 Å². The molecule has 6 nitrogen and oxygen atoms in total. The van der Waals surface area contributed by atoms with E-state index in [1.807, 2.05) is 0 Å². The van der Waals surface area contributed by atoms with Crippen molar-refractivity contribution in [2.45, 2.75) is 0 Å². The van der Waals surface area contributed by atoms with E-state index in [4.69, 9.17) is 21.7 Å². The molecule has 10 heavy (non-hydrogen) atoms. The quantitative estimate of drug-likeness (QED) is 0.307. The van der Waals surface area contributed by atoms with Crippen molar-refractivity contribution in [1.82, 2.24) is 0 Å². The second kappa shape index (κ2) is 29.6. The van der Waals surface area contributed by atoms with Gasteiger partial charge in [-0.2, -0.15) is 8.42 Å². The third-order valence-electron chi connectivity index (χ3n) is 0. The molecule has 2 N–H and O–H groups in total. The van der Waals surface area contributed by atoms with Crippen molar-refractivity contribution in [1.29, 1.82) is 0 Å². The molecule has 0 atom stereocenters. The molecule has 0 amide bonds. The molecule has 0 aromatic heterocycles. The summed E-state index contributed by atoms with van der Waals surface area (Å²) in [4.78, 5) is 0. The summed E-state index contributed by atoms with van der Waals surface area (Å²) >= 11 is -3.86. The summed E-state index contributed by atoms with van der Waals surface area (Å²) in [6, 6.07) is 0. The smallest absolute Gasteiger partial charge is 0.784 e. The van der Waals surface area contributed by atoms with Gasteiger partial charge in [0.25, 0.3) is 0 Å². The third kappa shape index (κ3) is 117. The number of rotatable bonds is 0. The van der Waals surface area contributed by atoms with Gasteiger partial charge >= 0.3 is 114 Å². The molecule has 0 unspecified atom stereocenters. The van der Waals surface area contributed by atoms with Crippen molar-refractivity contribution in [3.8, 4) is 0 Å². The Hall–Kier alpha value is 3.12. The molecule has 0 radical (unpaired) electrons. The fourth-order valence-corrected chi connectivity index (χ4v) is 0. The zero-order valence-electron chi connectivity index (χ0n) is 5.36. The summed E-state index contributed by atoms with van der Waals surface area (Å²) < 4.78 is 41.9. The molecule has 0 aromatic rings. The van der Waals surface area contributed by atoms with Gasteiger partial charge in [-0.3, -0.25) is 4.21 Å². The van der Waals surface area contributed by atoms with E-state index in [0.717, 1.165) is 0 Å². The SMILES string of the molecule is O.O=S([O-])[O-].O=S=O.[K+].[K+]. The maximum Gasteiger partial charge on any atom is 1.00 e. The first kappa shape index (κ1) is 29.2. The van der Waals surface area contributed by atoms with Crippen LogP contribution in [0.15, 0.2) is 0 Å². The van der Waals surface area contributed by atoms with Gasteiger partial charge in [0.15, 0.2) is 0 Å². The molecule has 0 rings (SSSR count). The predicted molar refractivity (Wildman–Crippen MR) is 22.2 cm³/mol. The molecule has 0 saturated heterocycles. The fraction of sp³-hybridized carbons (Fsp3) is 0. The molecule has 10 heteroatoms. The summed E-state index contributed by atoms with van der Waals surface area (Å²) in [5.41, 5.74) is 0. The zero-order valence-corrected chi connectivity index (χ0v) is 13.2. The van der Waals surface area contributed by atoms with E-state index in [1.165, 1.54) is 0 Å². The summed E-state index contributed by atoms with van der Waals surface area (Å²) in [6.07, 6.45) is 0. The van der Waals surface area contributed by atoms with Gasteiger partial charge in [0, 0.05) is 0 Å². The topological polar surface area (TPSA) is 129 Å². The summed E-state index contributed by atoms with van der Waals surface area (Å²) in [5.74, 6) is 0. The van der Waals surface area contributed by atoms with E-state index in [9.17, 15) is 0 Å². The van der Waals surface area contributed by atoms with E-state index in [-0.39, 0.29) is 108 Å². The maximum absolute atomic E-state index is 8.44. The van der Waals surface area contributed by atoms with Gasteiger partial charge in [-0.15, -0.1) is 11.4 Å². The predicted octanol–water partition coefficient (Wildman–Crippen LogP) is -8.49. The molecule has 0 aliphatic heterocycles. The molecule has 0 spiro atoms. The van der Waals surface area contributed by atoms with Crippen LogP contribution in [-0.2, 0) is 22.9 Å². The van der Waals surface area contributed by atoms with Crippen LogP contribution in [0.2, 0.25) is 0 Å². The standard InChI is InChI=1S/2K.H2O3S.O2S.H2O/c;;1-4(2)3;1-3-2;/h;;(H2,1,2,3);;1H2/q2*+1;;;/p-2. The minimum absolute atomic E-state index is 0. The minimum Gasteiger partial charge on any atom is -0.784 e. The van der Waals surface area contributed by atoms with Gasteiger partial charge in [-0.1, -0.05) is 0 Å². The van der Waals surface area contributed by atoms with E-state index in [1.54, 1.807) is 0 Å². The Balaban J connectivity index is -0.0000000131. The van der Waals surface area contributed by atoms with Crippen molar-refractivity contribution in [3.05, 3.63) is 0 Å². The van der Waals surface area contributed by atoms with E-state index >= 15 is 0 Å². The normalized spacial score (nSPS) is 4.70. The molecule has 0 heterocycles. The van der Waals surface area contributed by atoms with Crippen LogP contribution in [0, 0.1) is 0 Å². The monoisotopic (exact) mass is 240 g/mol. The van der Waals surface area contributed by atoms with Gasteiger partial charge in [-0.25, -0.2) is 0 Å². The minimum atomic E-state index is -3.11. The van der Waals surface area contributed by atoms with Crippen molar-refractivity contribution in [2.24, 2.45) is 0 Å². The Morgan fingerprint density at radius 1 is 1.10 bits per heavy atom. The summed E-state index contributed by atoms with van der Waals surface area (Å²) in [7, 11) is 0. The second-order valence-electron chi connectivity index (χ2n) is 0.272. The first-order valence-corrected chi connectivity index (χ1v) is 2.50. The molecule has 0 saturated carbocycles. The average Bonchev–Trinajstić information content (AvgIpc) is 1.33. The Bertz CT molecular complexity index is 81.7. The van der Waals surface area contributed by atoms with Crippen LogP contribution in [0.25, 0.3) is 0 Å². The van der Waals surface area contributed by atoms with E-state index < -0.39 is 22.9 Å². The van der Waals surface area contributed by atoms with E-state index in [2.05, 4.69) is 0 Å². The van der Waals surface area contributed by atoms with Crippen LogP contribution in [-0.4, -0.2) is 27.2 Å². The van der Waals surface area contributed by atoms with E-state index in [0.29, 0.717) is 0 Å². The van der Waals surface area contributed by atoms with Crippen molar-refractivity contribution in [2.75, 3.05) is 0 Å². The molecular formula is H2K2O6S2. The molecule has 0 bridgehead atoms. The Morgan fingerprint density at radius 2 is 1.10 bits per heavy atom. The van der Waals surface area contributed by atoms with Crippen molar-refractivity contribution in [3.63, 3.8) is 0 Å². The molecule has 0 aliphatic rings. The Kier molecular flexibility index (Phi) is 86.4. The average molecular weight is 240 g/mol. The van der Waals surface area contributed by atoms with Crippen LogP contribution in [0.4, 0.5) is 0 Å². The van der Waals surface area contributed by atoms with Crippen LogP contribution in [0.5, 0.6) is 0 Å². The largest absolute Gasteiger partial charge is 1.00 e. The first-order chi connectivity index (χ1) is 3.15. The fourth-order valence-electron chi connectivity index (χ4n) is 0. The Labute approximate surface area is 149 Å². The third-order valence-corrected chi connectivity index (χ3v) is 0. The van der Waals surface area contributed by atoms with Crippen LogP contribution in [0.1, 0.15) is 0 Å². The maximum atomic E-state index is 8.44. The van der Waals surface area contributed by atoms with Gasteiger partial charge in [0.05, 0.1) is 0 Å². The number of hydrogen-bond donors (Lipinski definition) is 0. The molecular weight excluding hydrogens is 238 g/mol.